The molecule has 2 heterocycles. The standard InChI is InChI=1S/C19H25N3O2/c1-3-8-15(9-4-2)19(23)22-12-16(13-22)18-20-17(21-24-18)14-10-6-5-7-11-14/h5-7,10-11,15-16H,3-4,8-9,12-13H2,1-2H3. The lowest BCUT2D eigenvalue weighted by Gasteiger charge is -2.39. The summed E-state index contributed by atoms with van der Waals surface area (Å²) in [7, 11) is 0. The first-order valence-corrected chi connectivity index (χ1v) is 8.90. The molecule has 1 saturated heterocycles. The largest absolute Gasteiger partial charge is 0.341 e. The number of carbonyl (C=O) groups excluding carboxylic acids is 1. The van der Waals surface area contributed by atoms with Gasteiger partial charge in [0.25, 0.3) is 0 Å². The molecule has 3 rings (SSSR count). The Bertz CT molecular complexity index is 656. The lowest BCUT2D eigenvalue weighted by Crippen LogP contribution is -2.50. The highest BCUT2D eigenvalue weighted by atomic mass is 16.5. The van der Waals surface area contributed by atoms with Crippen LogP contribution in [0.15, 0.2) is 34.9 Å². The number of benzene rings is 1. The molecule has 1 fully saturated rings. The second-order valence-corrected chi connectivity index (χ2v) is 6.54. The molecule has 0 N–H and O–H groups in total. The van der Waals surface area contributed by atoms with E-state index in [1.165, 1.54) is 0 Å². The molecule has 1 amide bonds. The van der Waals surface area contributed by atoms with Crippen molar-refractivity contribution in [2.75, 3.05) is 13.1 Å². The van der Waals surface area contributed by atoms with Gasteiger partial charge in [0.1, 0.15) is 0 Å². The van der Waals surface area contributed by atoms with E-state index in [0.29, 0.717) is 24.8 Å². The SMILES string of the molecule is CCCC(CCC)C(=O)N1CC(c2nc(-c3ccccc3)no2)C1. The Morgan fingerprint density at radius 3 is 2.50 bits per heavy atom. The molecule has 0 unspecified atom stereocenters. The van der Waals surface area contributed by atoms with Gasteiger partial charge in [0, 0.05) is 24.6 Å². The Balaban J connectivity index is 1.58. The van der Waals surface area contributed by atoms with Crippen LogP contribution in [0.4, 0.5) is 0 Å². The lowest BCUT2D eigenvalue weighted by molar-refractivity contribution is -0.141. The Kier molecular flexibility index (Phi) is 5.28. The summed E-state index contributed by atoms with van der Waals surface area (Å²) in [5.41, 5.74) is 0.950. The number of nitrogens with zero attached hydrogens (tertiary/aromatic N) is 3. The van der Waals surface area contributed by atoms with E-state index in [0.717, 1.165) is 31.2 Å². The molecule has 1 aliphatic rings. The number of aromatic nitrogens is 2. The summed E-state index contributed by atoms with van der Waals surface area (Å²) >= 11 is 0. The van der Waals surface area contributed by atoms with E-state index in [2.05, 4.69) is 24.0 Å². The number of amides is 1. The van der Waals surface area contributed by atoms with Crippen LogP contribution < -0.4 is 0 Å². The van der Waals surface area contributed by atoms with E-state index in [1.54, 1.807) is 0 Å². The topological polar surface area (TPSA) is 59.2 Å². The van der Waals surface area contributed by atoms with Crippen LogP contribution in [0, 0.1) is 5.92 Å². The predicted octanol–water partition coefficient (Wildman–Crippen LogP) is 3.88. The zero-order valence-electron chi connectivity index (χ0n) is 14.4. The summed E-state index contributed by atoms with van der Waals surface area (Å²) < 4.78 is 5.41. The van der Waals surface area contributed by atoms with E-state index in [4.69, 9.17) is 4.52 Å². The van der Waals surface area contributed by atoms with E-state index in [-0.39, 0.29) is 17.7 Å². The molecule has 128 valence electrons. The molecular weight excluding hydrogens is 302 g/mol. The first-order chi connectivity index (χ1) is 11.7. The van der Waals surface area contributed by atoms with Gasteiger partial charge >= 0.3 is 0 Å². The van der Waals surface area contributed by atoms with E-state index in [9.17, 15) is 4.79 Å². The van der Waals surface area contributed by atoms with Gasteiger partial charge in [-0.05, 0) is 12.8 Å². The third kappa shape index (κ3) is 3.50. The van der Waals surface area contributed by atoms with Crippen molar-refractivity contribution in [2.24, 2.45) is 5.92 Å². The number of likely N-dealkylation sites (tertiary alicyclic amines) is 1. The molecule has 0 spiro atoms. The van der Waals surface area contributed by atoms with Crippen molar-refractivity contribution in [3.05, 3.63) is 36.2 Å². The lowest BCUT2D eigenvalue weighted by atomic mass is 9.92. The summed E-state index contributed by atoms with van der Waals surface area (Å²) in [6.07, 6.45) is 4.06. The van der Waals surface area contributed by atoms with Crippen LogP contribution in [0.3, 0.4) is 0 Å². The molecule has 0 atom stereocenters. The fourth-order valence-corrected chi connectivity index (χ4v) is 3.27. The molecule has 0 radical (unpaired) electrons. The van der Waals surface area contributed by atoms with Gasteiger partial charge in [0.15, 0.2) is 0 Å². The molecule has 1 aromatic carbocycles. The molecule has 1 aliphatic heterocycles. The van der Waals surface area contributed by atoms with E-state index in [1.807, 2.05) is 35.2 Å². The summed E-state index contributed by atoms with van der Waals surface area (Å²) in [6, 6.07) is 9.80. The van der Waals surface area contributed by atoms with Crippen LogP contribution in [0.5, 0.6) is 0 Å². The Morgan fingerprint density at radius 1 is 1.21 bits per heavy atom. The maximum atomic E-state index is 12.6. The highest BCUT2D eigenvalue weighted by Gasteiger charge is 2.37. The van der Waals surface area contributed by atoms with Crippen molar-refractivity contribution in [1.29, 1.82) is 0 Å². The zero-order valence-corrected chi connectivity index (χ0v) is 14.4. The van der Waals surface area contributed by atoms with Crippen molar-refractivity contribution in [3.63, 3.8) is 0 Å². The molecule has 0 bridgehead atoms. The van der Waals surface area contributed by atoms with Crippen molar-refractivity contribution in [3.8, 4) is 11.4 Å². The average Bonchev–Trinajstić information content (AvgIpc) is 3.03. The molecule has 24 heavy (non-hydrogen) atoms. The summed E-state index contributed by atoms with van der Waals surface area (Å²) in [5, 5.41) is 4.06. The Hall–Kier alpha value is -2.17. The van der Waals surface area contributed by atoms with Gasteiger partial charge in [-0.3, -0.25) is 4.79 Å². The highest BCUT2D eigenvalue weighted by molar-refractivity contribution is 5.79. The quantitative estimate of drug-likeness (QED) is 0.774. The summed E-state index contributed by atoms with van der Waals surface area (Å²) in [4.78, 5) is 19.0. The molecule has 2 aromatic rings. The average molecular weight is 327 g/mol. The van der Waals surface area contributed by atoms with Crippen molar-refractivity contribution in [1.82, 2.24) is 15.0 Å². The van der Waals surface area contributed by atoms with Gasteiger partial charge in [-0.25, -0.2) is 0 Å². The van der Waals surface area contributed by atoms with Crippen LogP contribution in [-0.4, -0.2) is 34.0 Å². The normalized spacial score (nSPS) is 14.9. The van der Waals surface area contributed by atoms with Gasteiger partial charge < -0.3 is 9.42 Å². The van der Waals surface area contributed by atoms with Crippen molar-refractivity contribution < 1.29 is 9.32 Å². The van der Waals surface area contributed by atoms with Gasteiger partial charge in [0.05, 0.1) is 5.92 Å². The van der Waals surface area contributed by atoms with Gasteiger partial charge in [-0.1, -0.05) is 62.2 Å². The Labute approximate surface area is 143 Å². The highest BCUT2D eigenvalue weighted by Crippen LogP contribution is 2.30. The number of hydrogen-bond donors (Lipinski definition) is 0. The monoisotopic (exact) mass is 327 g/mol. The summed E-state index contributed by atoms with van der Waals surface area (Å²) in [5.74, 6) is 1.88. The van der Waals surface area contributed by atoms with Crippen LogP contribution in [0.1, 0.15) is 51.3 Å². The molecule has 1 aromatic heterocycles. The van der Waals surface area contributed by atoms with Crippen LogP contribution in [0.2, 0.25) is 0 Å². The minimum Gasteiger partial charge on any atom is -0.341 e. The number of hydrogen-bond acceptors (Lipinski definition) is 4. The first kappa shape index (κ1) is 16.7. The third-order valence-electron chi connectivity index (χ3n) is 4.64. The molecule has 5 heteroatoms. The second-order valence-electron chi connectivity index (χ2n) is 6.54. The van der Waals surface area contributed by atoms with Crippen LogP contribution in [0.25, 0.3) is 11.4 Å². The van der Waals surface area contributed by atoms with Crippen LogP contribution >= 0.6 is 0 Å². The zero-order chi connectivity index (χ0) is 16.9. The maximum absolute atomic E-state index is 12.6. The van der Waals surface area contributed by atoms with E-state index < -0.39 is 0 Å². The maximum Gasteiger partial charge on any atom is 0.233 e. The van der Waals surface area contributed by atoms with Gasteiger partial charge in [0.2, 0.25) is 17.6 Å². The fraction of sp³-hybridized carbons (Fsp3) is 0.526. The third-order valence-corrected chi connectivity index (χ3v) is 4.64. The minimum atomic E-state index is 0.169. The van der Waals surface area contributed by atoms with E-state index >= 15 is 0 Å². The van der Waals surface area contributed by atoms with Crippen LogP contribution in [-0.2, 0) is 4.79 Å². The number of carbonyl (C=O) groups is 1. The second kappa shape index (κ2) is 7.60. The Morgan fingerprint density at radius 2 is 1.88 bits per heavy atom. The molecule has 0 aliphatic carbocycles. The smallest absolute Gasteiger partial charge is 0.233 e. The van der Waals surface area contributed by atoms with Crippen molar-refractivity contribution >= 4 is 5.91 Å². The molecule has 0 saturated carbocycles. The molecular formula is C19H25N3O2. The predicted molar refractivity (Wildman–Crippen MR) is 92.4 cm³/mol. The molecule has 5 nitrogen and oxygen atoms in total. The summed E-state index contributed by atoms with van der Waals surface area (Å²) in [6.45, 7) is 5.66. The van der Waals surface area contributed by atoms with Gasteiger partial charge in [-0.2, -0.15) is 4.98 Å². The fourth-order valence-electron chi connectivity index (χ4n) is 3.27. The minimum absolute atomic E-state index is 0.169. The van der Waals surface area contributed by atoms with Gasteiger partial charge in [-0.15, -0.1) is 0 Å². The number of rotatable bonds is 7. The van der Waals surface area contributed by atoms with Crippen molar-refractivity contribution in [2.45, 2.75) is 45.4 Å². The first-order valence-electron chi connectivity index (χ1n) is 8.90.